The third-order valence-electron chi connectivity index (χ3n) is 2.96. The molecule has 0 bridgehead atoms. The molecule has 0 atom stereocenters. The Labute approximate surface area is 116 Å². The van der Waals surface area contributed by atoms with Crippen molar-refractivity contribution in [3.05, 3.63) is 41.7 Å². The number of ether oxygens (including phenoxy) is 1. The van der Waals surface area contributed by atoms with Crippen molar-refractivity contribution < 1.29 is 4.74 Å². The van der Waals surface area contributed by atoms with Gasteiger partial charge in [-0.15, -0.1) is 5.10 Å². The summed E-state index contributed by atoms with van der Waals surface area (Å²) in [7, 11) is 1.64. The number of fused-ring (bicyclic) bond motifs is 1. The van der Waals surface area contributed by atoms with Crippen LogP contribution in [0, 0.1) is 13.8 Å². The van der Waals surface area contributed by atoms with Crippen LogP contribution in [0.2, 0.25) is 0 Å². The summed E-state index contributed by atoms with van der Waals surface area (Å²) in [5.74, 6) is 1.93. The van der Waals surface area contributed by atoms with Gasteiger partial charge < -0.3 is 10.1 Å². The monoisotopic (exact) mass is 269 g/mol. The van der Waals surface area contributed by atoms with Crippen LogP contribution in [0.15, 0.2) is 30.3 Å². The van der Waals surface area contributed by atoms with Crippen molar-refractivity contribution in [2.45, 2.75) is 13.8 Å². The normalized spacial score (nSPS) is 10.8. The summed E-state index contributed by atoms with van der Waals surface area (Å²) in [5.41, 5.74) is 2.83. The molecule has 1 N–H and O–H groups in total. The van der Waals surface area contributed by atoms with E-state index < -0.39 is 0 Å². The third kappa shape index (κ3) is 2.27. The molecule has 0 aliphatic heterocycles. The van der Waals surface area contributed by atoms with Crippen LogP contribution in [0.5, 0.6) is 5.75 Å². The first kappa shape index (κ1) is 12.4. The van der Waals surface area contributed by atoms with Crippen molar-refractivity contribution in [1.82, 2.24) is 19.6 Å². The van der Waals surface area contributed by atoms with Crippen LogP contribution < -0.4 is 10.1 Å². The molecule has 0 aliphatic rings. The van der Waals surface area contributed by atoms with Crippen LogP contribution in [0.3, 0.4) is 0 Å². The summed E-state index contributed by atoms with van der Waals surface area (Å²) < 4.78 is 6.84. The lowest BCUT2D eigenvalue weighted by molar-refractivity contribution is 0.415. The molecule has 2 aromatic heterocycles. The van der Waals surface area contributed by atoms with Gasteiger partial charge in [0.15, 0.2) is 0 Å². The van der Waals surface area contributed by atoms with E-state index in [-0.39, 0.29) is 0 Å². The Kier molecular flexibility index (Phi) is 2.98. The molecule has 0 spiro atoms. The van der Waals surface area contributed by atoms with E-state index in [0.29, 0.717) is 11.7 Å². The molecule has 3 rings (SSSR count). The highest BCUT2D eigenvalue weighted by Crippen LogP contribution is 2.18. The van der Waals surface area contributed by atoms with Crippen LogP contribution >= 0.6 is 0 Å². The number of nitrogens with zero attached hydrogens (tertiary/aromatic N) is 4. The van der Waals surface area contributed by atoms with E-state index in [4.69, 9.17) is 4.74 Å². The number of nitrogens with one attached hydrogen (secondary N) is 1. The van der Waals surface area contributed by atoms with Gasteiger partial charge in [-0.25, -0.2) is 4.98 Å². The van der Waals surface area contributed by atoms with Crippen molar-refractivity contribution in [1.29, 1.82) is 0 Å². The summed E-state index contributed by atoms with van der Waals surface area (Å²) in [5, 5.41) is 7.54. The Morgan fingerprint density at radius 3 is 2.55 bits per heavy atom. The largest absolute Gasteiger partial charge is 0.497 e. The molecule has 0 radical (unpaired) electrons. The van der Waals surface area contributed by atoms with Crippen LogP contribution in [0.4, 0.5) is 11.6 Å². The topological polar surface area (TPSA) is 64.3 Å². The van der Waals surface area contributed by atoms with E-state index >= 15 is 0 Å². The number of aromatic nitrogens is 4. The predicted molar refractivity (Wildman–Crippen MR) is 76.5 cm³/mol. The minimum Gasteiger partial charge on any atom is -0.497 e. The average Bonchev–Trinajstić information content (AvgIpc) is 2.82. The third-order valence-corrected chi connectivity index (χ3v) is 2.96. The summed E-state index contributed by atoms with van der Waals surface area (Å²) in [6.07, 6.45) is 0. The number of hydrogen-bond donors (Lipinski definition) is 1. The summed E-state index contributed by atoms with van der Waals surface area (Å²) in [6, 6.07) is 9.56. The minimum absolute atomic E-state index is 0.524. The van der Waals surface area contributed by atoms with Gasteiger partial charge in [-0.3, -0.25) is 0 Å². The molecule has 0 fully saturated rings. The maximum atomic E-state index is 5.12. The van der Waals surface area contributed by atoms with Crippen molar-refractivity contribution in [2.24, 2.45) is 0 Å². The molecule has 0 aliphatic carbocycles. The number of rotatable bonds is 3. The molecule has 0 saturated carbocycles. The smallest absolute Gasteiger partial charge is 0.254 e. The number of benzene rings is 1. The van der Waals surface area contributed by atoms with Crippen LogP contribution in [-0.2, 0) is 0 Å². The first-order valence-electron chi connectivity index (χ1n) is 6.28. The fourth-order valence-corrected chi connectivity index (χ4v) is 2.02. The first-order valence-corrected chi connectivity index (χ1v) is 6.28. The maximum Gasteiger partial charge on any atom is 0.254 e. The zero-order valence-corrected chi connectivity index (χ0v) is 11.6. The highest BCUT2D eigenvalue weighted by atomic mass is 16.5. The molecule has 6 nitrogen and oxygen atoms in total. The fraction of sp³-hybridized carbons (Fsp3) is 0.214. The molecule has 102 valence electrons. The molecule has 0 amide bonds. The van der Waals surface area contributed by atoms with E-state index in [9.17, 15) is 0 Å². The molecule has 1 aromatic carbocycles. The maximum absolute atomic E-state index is 5.12. The fourth-order valence-electron chi connectivity index (χ4n) is 2.02. The van der Waals surface area contributed by atoms with Gasteiger partial charge in [-0.1, -0.05) is 0 Å². The van der Waals surface area contributed by atoms with Crippen LogP contribution in [0.25, 0.3) is 5.78 Å². The van der Waals surface area contributed by atoms with Crippen molar-refractivity contribution in [3.63, 3.8) is 0 Å². The standard InChI is InChI=1S/C14H15N5O/c1-9-8-10(2)19-14(15-9)17-13(18-19)16-11-4-6-12(20-3)7-5-11/h4-8H,1-3H3,(H,16,18). The quantitative estimate of drug-likeness (QED) is 0.791. The second-order valence-corrected chi connectivity index (χ2v) is 4.54. The van der Waals surface area contributed by atoms with Crippen molar-refractivity contribution in [2.75, 3.05) is 12.4 Å². The van der Waals surface area contributed by atoms with Gasteiger partial charge in [-0.2, -0.15) is 9.50 Å². The zero-order valence-electron chi connectivity index (χ0n) is 11.6. The average molecular weight is 269 g/mol. The first-order chi connectivity index (χ1) is 9.65. The number of anilines is 2. The number of methoxy groups -OCH3 is 1. The second-order valence-electron chi connectivity index (χ2n) is 4.54. The van der Waals surface area contributed by atoms with Gasteiger partial charge in [0.25, 0.3) is 5.78 Å². The van der Waals surface area contributed by atoms with E-state index in [1.807, 2.05) is 44.2 Å². The lowest BCUT2D eigenvalue weighted by Crippen LogP contribution is -1.97. The summed E-state index contributed by atoms with van der Waals surface area (Å²) >= 11 is 0. The van der Waals surface area contributed by atoms with E-state index in [0.717, 1.165) is 22.8 Å². The van der Waals surface area contributed by atoms with E-state index in [1.165, 1.54) is 0 Å². The van der Waals surface area contributed by atoms with E-state index in [2.05, 4.69) is 20.4 Å². The second kappa shape index (κ2) is 4.80. The van der Waals surface area contributed by atoms with Crippen molar-refractivity contribution in [3.8, 4) is 5.75 Å². The molecule has 3 aromatic rings. The lowest BCUT2D eigenvalue weighted by atomic mass is 10.3. The van der Waals surface area contributed by atoms with Gasteiger partial charge in [-0.05, 0) is 44.2 Å². The molecule has 0 unspecified atom stereocenters. The molecular formula is C14H15N5O. The summed E-state index contributed by atoms with van der Waals surface area (Å²) in [4.78, 5) is 8.73. The summed E-state index contributed by atoms with van der Waals surface area (Å²) in [6.45, 7) is 3.92. The van der Waals surface area contributed by atoms with Gasteiger partial charge in [0.1, 0.15) is 5.75 Å². The Morgan fingerprint density at radius 2 is 1.85 bits per heavy atom. The van der Waals surface area contributed by atoms with Gasteiger partial charge in [0, 0.05) is 17.1 Å². The zero-order chi connectivity index (χ0) is 14.1. The van der Waals surface area contributed by atoms with Crippen molar-refractivity contribution >= 4 is 17.4 Å². The Hall–Kier alpha value is -2.63. The number of aryl methyl sites for hydroxylation is 2. The highest BCUT2D eigenvalue weighted by Gasteiger charge is 2.07. The van der Waals surface area contributed by atoms with Crippen LogP contribution in [-0.4, -0.2) is 26.7 Å². The predicted octanol–water partition coefficient (Wildman–Crippen LogP) is 2.49. The van der Waals surface area contributed by atoms with E-state index in [1.54, 1.807) is 11.6 Å². The Bertz CT molecular complexity index is 748. The van der Waals surface area contributed by atoms with Crippen LogP contribution in [0.1, 0.15) is 11.4 Å². The van der Waals surface area contributed by atoms with Gasteiger partial charge >= 0.3 is 0 Å². The van der Waals surface area contributed by atoms with Gasteiger partial charge in [0.2, 0.25) is 5.95 Å². The lowest BCUT2D eigenvalue weighted by Gasteiger charge is -2.03. The van der Waals surface area contributed by atoms with Gasteiger partial charge in [0.05, 0.1) is 7.11 Å². The Balaban J connectivity index is 1.92. The highest BCUT2D eigenvalue weighted by molar-refractivity contribution is 5.55. The molecular weight excluding hydrogens is 254 g/mol. The molecule has 0 saturated heterocycles. The minimum atomic E-state index is 0.524. The molecule has 2 heterocycles. The molecule has 6 heteroatoms. The Morgan fingerprint density at radius 1 is 1.10 bits per heavy atom. The number of hydrogen-bond acceptors (Lipinski definition) is 5. The SMILES string of the molecule is COc1ccc(Nc2nc3nc(C)cc(C)n3n2)cc1. The molecule has 20 heavy (non-hydrogen) atoms.